The average molecular weight is 741 g/mol. The normalized spacial score (nSPS) is 11.8. The van der Waals surface area contributed by atoms with Gasteiger partial charge in [-0.05, 0) is 65.7 Å². The Morgan fingerprint density at radius 1 is 0.310 bits per heavy atom. The Kier molecular flexibility index (Phi) is 7.13. The summed E-state index contributed by atoms with van der Waals surface area (Å²) >= 11 is 0. The number of imidazole rings is 1. The van der Waals surface area contributed by atoms with Gasteiger partial charge in [0.15, 0.2) is 17.5 Å². The Morgan fingerprint density at radius 2 is 0.862 bits per heavy atom. The maximum atomic E-state index is 5.19. The van der Waals surface area contributed by atoms with E-state index in [-0.39, 0.29) is 0 Å². The van der Waals surface area contributed by atoms with E-state index in [4.69, 9.17) is 19.9 Å². The summed E-state index contributed by atoms with van der Waals surface area (Å²) in [5, 5.41) is 6.03. The van der Waals surface area contributed by atoms with Crippen LogP contribution in [0, 0.1) is 0 Å². The lowest BCUT2D eigenvalue weighted by Gasteiger charge is -2.12. The number of hydrogen-bond donors (Lipinski definition) is 0. The fraction of sp³-hybridized carbons (Fsp3) is 0. The van der Waals surface area contributed by atoms with Crippen molar-refractivity contribution in [1.82, 2.24) is 28.9 Å². The van der Waals surface area contributed by atoms with Crippen LogP contribution in [0.5, 0.6) is 0 Å². The van der Waals surface area contributed by atoms with Crippen LogP contribution in [0.3, 0.4) is 0 Å². The Bertz CT molecular complexity index is 3490. The van der Waals surface area contributed by atoms with E-state index in [1.165, 1.54) is 21.5 Å². The molecule has 12 aromatic rings. The van der Waals surface area contributed by atoms with Gasteiger partial charge in [0, 0.05) is 49.3 Å². The predicted molar refractivity (Wildman–Crippen MR) is 237 cm³/mol. The van der Waals surface area contributed by atoms with E-state index in [1.54, 1.807) is 0 Å². The minimum Gasteiger partial charge on any atom is -0.309 e. The summed E-state index contributed by atoms with van der Waals surface area (Å²) < 4.78 is 4.71. The molecule has 0 atom stereocenters. The highest BCUT2D eigenvalue weighted by atomic mass is 15.0. The number of pyridine rings is 1. The molecule has 8 aromatic carbocycles. The van der Waals surface area contributed by atoms with E-state index in [0.29, 0.717) is 17.5 Å². The van der Waals surface area contributed by atoms with Crippen LogP contribution >= 0.6 is 0 Å². The topological polar surface area (TPSA) is 60.9 Å². The third-order valence-electron chi connectivity index (χ3n) is 11.3. The van der Waals surface area contributed by atoms with E-state index in [0.717, 1.165) is 72.1 Å². The molecule has 0 spiro atoms. The van der Waals surface area contributed by atoms with Gasteiger partial charge in [-0.15, -0.1) is 0 Å². The van der Waals surface area contributed by atoms with Crippen LogP contribution in [0.15, 0.2) is 194 Å². The van der Waals surface area contributed by atoms with Crippen molar-refractivity contribution in [3.63, 3.8) is 0 Å². The molecule has 0 aliphatic carbocycles. The van der Waals surface area contributed by atoms with E-state index >= 15 is 0 Å². The zero-order valence-corrected chi connectivity index (χ0v) is 31.2. The molecule has 0 radical (unpaired) electrons. The number of benzene rings is 8. The van der Waals surface area contributed by atoms with Crippen molar-refractivity contribution < 1.29 is 0 Å². The van der Waals surface area contributed by atoms with E-state index in [1.807, 2.05) is 60.7 Å². The first-order valence-electron chi connectivity index (χ1n) is 19.5. The summed E-state index contributed by atoms with van der Waals surface area (Å²) in [6, 6.07) is 68.0. The van der Waals surface area contributed by atoms with Gasteiger partial charge in [0.1, 0.15) is 5.65 Å². The quantitative estimate of drug-likeness (QED) is 0.165. The SMILES string of the molecule is c1ccc(-c2nc(-c3ccccc3)nc(-c3cccc(-c4ccc(-n5c6ccccc6c6c7c8ccccc8n8c9ccccc9nc8c7ccc65)cc4)c3)n2)cc1. The summed E-state index contributed by atoms with van der Waals surface area (Å²) in [6.45, 7) is 0. The zero-order chi connectivity index (χ0) is 38.2. The molecule has 4 heterocycles. The Labute approximate surface area is 333 Å². The summed E-state index contributed by atoms with van der Waals surface area (Å²) in [7, 11) is 0. The highest BCUT2D eigenvalue weighted by molar-refractivity contribution is 6.30. The highest BCUT2D eigenvalue weighted by Crippen LogP contribution is 2.42. The third-order valence-corrected chi connectivity index (χ3v) is 11.3. The Hall–Kier alpha value is -7.96. The summed E-state index contributed by atoms with van der Waals surface area (Å²) in [6.07, 6.45) is 0. The smallest absolute Gasteiger partial charge is 0.164 e. The van der Waals surface area contributed by atoms with Gasteiger partial charge >= 0.3 is 0 Å². The van der Waals surface area contributed by atoms with Crippen molar-refractivity contribution in [2.24, 2.45) is 0 Å². The second-order valence-electron chi connectivity index (χ2n) is 14.7. The van der Waals surface area contributed by atoms with Crippen molar-refractivity contribution in [3.8, 4) is 51.0 Å². The molecular weight excluding hydrogens is 709 g/mol. The highest BCUT2D eigenvalue weighted by Gasteiger charge is 2.20. The van der Waals surface area contributed by atoms with Gasteiger partial charge < -0.3 is 4.57 Å². The van der Waals surface area contributed by atoms with Crippen LogP contribution in [-0.4, -0.2) is 28.9 Å². The molecule has 0 unspecified atom stereocenters. The first kappa shape index (κ1) is 32.3. The zero-order valence-electron chi connectivity index (χ0n) is 31.2. The van der Waals surface area contributed by atoms with Crippen LogP contribution in [0.1, 0.15) is 0 Å². The maximum Gasteiger partial charge on any atom is 0.164 e. The molecule has 270 valence electrons. The minimum atomic E-state index is 0.636. The molecule has 6 nitrogen and oxygen atoms in total. The number of hydrogen-bond acceptors (Lipinski definition) is 4. The molecule has 0 N–H and O–H groups in total. The van der Waals surface area contributed by atoms with Crippen LogP contribution in [0.25, 0.3) is 111 Å². The van der Waals surface area contributed by atoms with Gasteiger partial charge in [0.05, 0.1) is 27.6 Å². The largest absolute Gasteiger partial charge is 0.309 e. The van der Waals surface area contributed by atoms with E-state index in [9.17, 15) is 0 Å². The molecular formula is C52H32N6. The van der Waals surface area contributed by atoms with Crippen molar-refractivity contribution in [3.05, 3.63) is 194 Å². The average Bonchev–Trinajstić information content (AvgIpc) is 3.86. The van der Waals surface area contributed by atoms with Crippen molar-refractivity contribution in [2.75, 3.05) is 0 Å². The molecule has 0 saturated heterocycles. The van der Waals surface area contributed by atoms with Crippen molar-refractivity contribution in [1.29, 1.82) is 0 Å². The molecule has 0 fully saturated rings. The number of fused-ring (bicyclic) bond motifs is 12. The van der Waals surface area contributed by atoms with Gasteiger partial charge in [0.25, 0.3) is 0 Å². The number of para-hydroxylation sites is 4. The second kappa shape index (κ2) is 12.8. The number of rotatable bonds is 5. The Balaban J connectivity index is 0.996. The van der Waals surface area contributed by atoms with Crippen LogP contribution in [0.4, 0.5) is 0 Å². The first-order chi connectivity index (χ1) is 28.8. The fourth-order valence-corrected chi connectivity index (χ4v) is 8.71. The van der Waals surface area contributed by atoms with Gasteiger partial charge in [-0.2, -0.15) is 0 Å². The number of aromatic nitrogens is 6. The molecule has 6 heteroatoms. The molecule has 0 bridgehead atoms. The third kappa shape index (κ3) is 4.98. The number of nitrogens with zero attached hydrogens (tertiary/aromatic N) is 6. The molecule has 4 aromatic heterocycles. The summed E-state index contributed by atoms with van der Waals surface area (Å²) in [5.41, 5.74) is 12.7. The van der Waals surface area contributed by atoms with Gasteiger partial charge in [-0.1, -0.05) is 140 Å². The van der Waals surface area contributed by atoms with E-state index in [2.05, 4.69) is 142 Å². The Morgan fingerprint density at radius 3 is 1.57 bits per heavy atom. The standard InChI is InChI=1S/C52H32N6/c1-3-14-34(15-4-1)49-54-50(35-16-5-2-6-17-35)56-51(55-49)37-19-13-18-36(32-37)33-26-28-38(29-27-33)57-43-23-10-8-21-40(43)48-46(57)31-30-41-47(48)39-20-7-11-24-44(39)58-45-25-12-9-22-42(45)53-52(41)58/h1-32H. The summed E-state index contributed by atoms with van der Waals surface area (Å²) in [5.74, 6) is 1.93. The fourth-order valence-electron chi connectivity index (χ4n) is 8.71. The van der Waals surface area contributed by atoms with Crippen LogP contribution < -0.4 is 0 Å². The lowest BCUT2D eigenvalue weighted by Crippen LogP contribution is -2.00. The first-order valence-corrected chi connectivity index (χ1v) is 19.5. The molecule has 58 heavy (non-hydrogen) atoms. The predicted octanol–water partition coefficient (Wildman–Crippen LogP) is 12.7. The van der Waals surface area contributed by atoms with Crippen molar-refractivity contribution in [2.45, 2.75) is 0 Å². The van der Waals surface area contributed by atoms with Crippen LogP contribution in [-0.2, 0) is 0 Å². The van der Waals surface area contributed by atoms with E-state index < -0.39 is 0 Å². The molecule has 0 amide bonds. The molecule has 12 rings (SSSR count). The van der Waals surface area contributed by atoms with Crippen LogP contribution in [0.2, 0.25) is 0 Å². The lowest BCUT2D eigenvalue weighted by molar-refractivity contribution is 1.07. The molecule has 0 aliphatic rings. The molecule has 0 aliphatic heterocycles. The summed E-state index contributed by atoms with van der Waals surface area (Å²) in [4.78, 5) is 20.0. The monoisotopic (exact) mass is 740 g/mol. The molecule has 0 saturated carbocycles. The van der Waals surface area contributed by atoms with Crippen molar-refractivity contribution >= 4 is 60.2 Å². The van der Waals surface area contributed by atoms with Gasteiger partial charge in [-0.3, -0.25) is 4.40 Å². The second-order valence-corrected chi connectivity index (χ2v) is 14.7. The van der Waals surface area contributed by atoms with Gasteiger partial charge in [-0.25, -0.2) is 19.9 Å². The minimum absolute atomic E-state index is 0.636. The lowest BCUT2D eigenvalue weighted by atomic mass is 10.00. The van der Waals surface area contributed by atoms with Gasteiger partial charge in [0.2, 0.25) is 0 Å². The maximum absolute atomic E-state index is 5.19.